The molecule has 0 aromatic heterocycles. The van der Waals surface area contributed by atoms with Crippen molar-refractivity contribution in [3.05, 3.63) is 58.1 Å². The zero-order chi connectivity index (χ0) is 15.6. The van der Waals surface area contributed by atoms with E-state index in [1.165, 1.54) is 24.3 Å². The normalized spacial score (nSPS) is 11.1. The summed E-state index contributed by atoms with van der Waals surface area (Å²) in [7, 11) is -4.05. The Bertz CT molecular complexity index is 802. The van der Waals surface area contributed by atoms with E-state index in [9.17, 15) is 18.5 Å². The molecule has 2 rings (SSSR count). The van der Waals surface area contributed by atoms with Crippen LogP contribution in [0, 0.1) is 17.0 Å². The maximum atomic E-state index is 12.1. The zero-order valence-electron chi connectivity index (χ0n) is 11.0. The summed E-state index contributed by atoms with van der Waals surface area (Å²) in [6.45, 7) is 1.74. The second-order valence-electron chi connectivity index (χ2n) is 4.33. The van der Waals surface area contributed by atoms with Crippen molar-refractivity contribution in [3.8, 4) is 5.75 Å². The molecule has 0 aliphatic rings. The minimum atomic E-state index is -4.05. The van der Waals surface area contributed by atoms with Crippen molar-refractivity contribution in [2.45, 2.75) is 11.8 Å². The Kier molecular flexibility index (Phi) is 3.81. The highest BCUT2D eigenvalue weighted by molar-refractivity contribution is 7.87. The first-order valence-electron chi connectivity index (χ1n) is 5.85. The van der Waals surface area contributed by atoms with Gasteiger partial charge in [0.25, 0.3) is 5.69 Å². The number of anilines is 1. The SMILES string of the molecule is Cc1cccc(S(=O)(=O)Oc2ccc(N)c([N+](=O)[O-])c2)c1. The number of nitro groups is 1. The van der Waals surface area contributed by atoms with Crippen LogP contribution in [0.5, 0.6) is 5.75 Å². The monoisotopic (exact) mass is 308 g/mol. The van der Waals surface area contributed by atoms with Gasteiger partial charge in [0.15, 0.2) is 0 Å². The molecule has 0 aliphatic heterocycles. The first-order chi connectivity index (χ1) is 9.79. The molecule has 0 amide bonds. The Balaban J connectivity index is 2.37. The van der Waals surface area contributed by atoms with Gasteiger partial charge in [-0.05, 0) is 36.8 Å². The first-order valence-corrected chi connectivity index (χ1v) is 7.25. The number of hydrogen-bond donors (Lipinski definition) is 1. The van der Waals surface area contributed by atoms with Gasteiger partial charge in [-0.1, -0.05) is 12.1 Å². The summed E-state index contributed by atoms with van der Waals surface area (Å²) >= 11 is 0. The largest absolute Gasteiger partial charge is 0.393 e. The van der Waals surface area contributed by atoms with Gasteiger partial charge in [0.05, 0.1) is 11.0 Å². The van der Waals surface area contributed by atoms with Crippen LogP contribution in [0.1, 0.15) is 5.56 Å². The molecular weight excluding hydrogens is 296 g/mol. The summed E-state index contributed by atoms with van der Waals surface area (Å²) in [5.74, 6) is -0.169. The minimum Gasteiger partial charge on any atom is -0.393 e. The lowest BCUT2D eigenvalue weighted by Gasteiger charge is -2.08. The Morgan fingerprint density at radius 3 is 2.52 bits per heavy atom. The minimum absolute atomic E-state index is 0.0259. The molecule has 0 saturated heterocycles. The smallest absolute Gasteiger partial charge is 0.339 e. The second kappa shape index (κ2) is 5.41. The molecule has 0 atom stereocenters. The van der Waals surface area contributed by atoms with Crippen molar-refractivity contribution in [3.63, 3.8) is 0 Å². The van der Waals surface area contributed by atoms with Crippen molar-refractivity contribution >= 4 is 21.5 Å². The van der Waals surface area contributed by atoms with Gasteiger partial charge >= 0.3 is 10.1 Å². The lowest BCUT2D eigenvalue weighted by Crippen LogP contribution is -2.10. The molecule has 7 nitrogen and oxygen atoms in total. The number of rotatable bonds is 4. The Labute approximate surface area is 121 Å². The summed E-state index contributed by atoms with van der Waals surface area (Å²) in [5.41, 5.74) is 5.71. The molecule has 0 unspecified atom stereocenters. The average molecular weight is 308 g/mol. The lowest BCUT2D eigenvalue weighted by atomic mass is 10.2. The fourth-order valence-corrected chi connectivity index (χ4v) is 2.71. The number of nitrogens with two attached hydrogens (primary N) is 1. The van der Waals surface area contributed by atoms with Gasteiger partial charge < -0.3 is 9.92 Å². The molecule has 0 saturated carbocycles. The van der Waals surface area contributed by atoms with Crippen LogP contribution in [0.2, 0.25) is 0 Å². The fraction of sp³-hybridized carbons (Fsp3) is 0.0769. The fourth-order valence-electron chi connectivity index (χ4n) is 1.68. The van der Waals surface area contributed by atoms with Crippen molar-refractivity contribution in [2.75, 3.05) is 5.73 Å². The van der Waals surface area contributed by atoms with Crippen LogP contribution in [0.15, 0.2) is 47.4 Å². The van der Waals surface area contributed by atoms with Crippen LogP contribution in [0.4, 0.5) is 11.4 Å². The maximum Gasteiger partial charge on any atom is 0.339 e. The third-order valence-corrected chi connectivity index (χ3v) is 3.93. The molecular formula is C13H12N2O5S. The highest BCUT2D eigenvalue weighted by atomic mass is 32.2. The number of nitrogen functional groups attached to an aromatic ring is 1. The highest BCUT2D eigenvalue weighted by Crippen LogP contribution is 2.28. The van der Waals surface area contributed by atoms with Gasteiger partial charge in [-0.3, -0.25) is 10.1 Å². The molecule has 0 heterocycles. The maximum absolute atomic E-state index is 12.1. The van der Waals surface area contributed by atoms with E-state index in [1.807, 2.05) is 0 Å². The van der Waals surface area contributed by atoms with E-state index >= 15 is 0 Å². The van der Waals surface area contributed by atoms with Gasteiger partial charge in [0.2, 0.25) is 0 Å². The quantitative estimate of drug-likeness (QED) is 0.401. The van der Waals surface area contributed by atoms with Gasteiger partial charge in [-0.2, -0.15) is 8.42 Å². The van der Waals surface area contributed by atoms with Gasteiger partial charge in [-0.25, -0.2) is 0 Å². The molecule has 2 aromatic rings. The average Bonchev–Trinajstić information content (AvgIpc) is 2.40. The molecule has 0 aliphatic carbocycles. The van der Waals surface area contributed by atoms with Crippen molar-refractivity contribution in [2.24, 2.45) is 0 Å². The third kappa shape index (κ3) is 3.29. The van der Waals surface area contributed by atoms with Crippen molar-refractivity contribution < 1.29 is 17.5 Å². The topological polar surface area (TPSA) is 113 Å². The number of nitrogens with zero attached hydrogens (tertiary/aromatic N) is 1. The van der Waals surface area contributed by atoms with E-state index in [4.69, 9.17) is 9.92 Å². The number of benzene rings is 2. The Morgan fingerprint density at radius 2 is 1.90 bits per heavy atom. The predicted octanol–water partition coefficient (Wildman–Crippen LogP) is 2.25. The van der Waals surface area contributed by atoms with E-state index in [-0.39, 0.29) is 16.3 Å². The molecule has 0 radical (unpaired) electrons. The zero-order valence-corrected chi connectivity index (χ0v) is 11.8. The summed E-state index contributed by atoms with van der Waals surface area (Å²) in [4.78, 5) is 10.0. The molecule has 2 N–H and O–H groups in total. The molecule has 2 aromatic carbocycles. The second-order valence-corrected chi connectivity index (χ2v) is 5.88. The van der Waals surface area contributed by atoms with E-state index in [1.54, 1.807) is 19.1 Å². The van der Waals surface area contributed by atoms with Crippen LogP contribution < -0.4 is 9.92 Å². The summed E-state index contributed by atoms with van der Waals surface area (Å²) in [6, 6.07) is 9.61. The molecule has 0 fully saturated rings. The highest BCUT2D eigenvalue weighted by Gasteiger charge is 2.19. The standard InChI is InChI=1S/C13H12N2O5S/c1-9-3-2-4-11(7-9)21(18,19)20-10-5-6-12(14)13(8-10)15(16)17/h2-8H,14H2,1H3. The van der Waals surface area contributed by atoms with Crippen LogP contribution in [0.3, 0.4) is 0 Å². The molecule has 0 bridgehead atoms. The number of nitro benzene ring substituents is 1. The Morgan fingerprint density at radius 1 is 1.19 bits per heavy atom. The third-order valence-electron chi connectivity index (χ3n) is 2.68. The van der Waals surface area contributed by atoms with E-state index < -0.39 is 20.7 Å². The summed E-state index contributed by atoms with van der Waals surface area (Å²) in [6.07, 6.45) is 0. The van der Waals surface area contributed by atoms with Gasteiger partial charge in [0, 0.05) is 0 Å². The molecule has 21 heavy (non-hydrogen) atoms. The molecule has 0 spiro atoms. The Hall–Kier alpha value is -2.61. The number of aryl methyl sites for hydroxylation is 1. The van der Waals surface area contributed by atoms with Crippen LogP contribution in [0.25, 0.3) is 0 Å². The predicted molar refractivity (Wildman–Crippen MR) is 76.5 cm³/mol. The lowest BCUT2D eigenvalue weighted by molar-refractivity contribution is -0.383. The van der Waals surface area contributed by atoms with E-state index in [0.29, 0.717) is 0 Å². The van der Waals surface area contributed by atoms with Crippen LogP contribution in [-0.2, 0) is 10.1 Å². The van der Waals surface area contributed by atoms with E-state index in [2.05, 4.69) is 0 Å². The van der Waals surface area contributed by atoms with Crippen molar-refractivity contribution in [1.82, 2.24) is 0 Å². The van der Waals surface area contributed by atoms with Crippen LogP contribution >= 0.6 is 0 Å². The first kappa shape index (κ1) is 14.8. The summed E-state index contributed by atoms with van der Waals surface area (Å²) < 4.78 is 29.1. The van der Waals surface area contributed by atoms with Gasteiger partial charge in [0.1, 0.15) is 16.3 Å². The van der Waals surface area contributed by atoms with Gasteiger partial charge in [-0.15, -0.1) is 0 Å². The number of hydrogen-bond acceptors (Lipinski definition) is 6. The van der Waals surface area contributed by atoms with Crippen molar-refractivity contribution in [1.29, 1.82) is 0 Å². The summed E-state index contributed by atoms with van der Waals surface area (Å²) in [5, 5.41) is 10.8. The van der Waals surface area contributed by atoms with E-state index in [0.717, 1.165) is 11.6 Å². The molecule has 8 heteroatoms. The van der Waals surface area contributed by atoms with Crippen LogP contribution in [-0.4, -0.2) is 13.3 Å². The molecule has 110 valence electrons.